The van der Waals surface area contributed by atoms with E-state index in [1.54, 1.807) is 0 Å². The molecule has 0 aliphatic rings. The number of nitrogens with zero attached hydrogens (tertiary/aromatic N) is 2. The van der Waals surface area contributed by atoms with Gasteiger partial charge in [-0.2, -0.15) is 0 Å². The molecule has 0 amide bonds. The van der Waals surface area contributed by atoms with E-state index in [2.05, 4.69) is 0 Å². The fourth-order valence-electron chi connectivity index (χ4n) is 3.90. The Bertz CT molecular complexity index is 1610. The highest BCUT2D eigenvalue weighted by Crippen LogP contribution is 2.32. The second-order valence-corrected chi connectivity index (χ2v) is 8.90. The Labute approximate surface area is 246 Å². The van der Waals surface area contributed by atoms with Gasteiger partial charge in [-0.3, -0.25) is 19.7 Å². The molecule has 0 spiro atoms. The van der Waals surface area contributed by atoms with Crippen LogP contribution in [-0.4, -0.2) is 27.8 Å². The van der Waals surface area contributed by atoms with E-state index in [1.807, 2.05) is 13.8 Å². The normalized spacial score (nSPS) is 10.9. The standard InChI is InChI=1S/C28H19ClF2N2O6.C2H6.CH4/c29-20-5-10-24(33(37)38)23(15-20)19-11-12-32(27(35)14-19)25(13-17-1-6-21(30)7-2-17)28(36)39-16-26(34)18-3-8-22(31)9-4-18;1-2;/h1-12,14-15,25H,13,16H2;1-2H3;1H4. The molecule has 220 valence electrons. The van der Waals surface area contributed by atoms with Gasteiger partial charge in [0.2, 0.25) is 0 Å². The molecule has 3 aromatic carbocycles. The van der Waals surface area contributed by atoms with Crippen molar-refractivity contribution in [2.45, 2.75) is 33.7 Å². The smallest absolute Gasteiger partial charge is 0.330 e. The first-order valence-corrected chi connectivity index (χ1v) is 12.9. The summed E-state index contributed by atoms with van der Waals surface area (Å²) in [5, 5.41) is 11.7. The third-order valence-electron chi connectivity index (χ3n) is 5.88. The van der Waals surface area contributed by atoms with Gasteiger partial charge in [0, 0.05) is 35.3 Å². The Morgan fingerprint density at radius 3 is 2.12 bits per heavy atom. The van der Waals surface area contributed by atoms with Crippen LogP contribution < -0.4 is 5.56 Å². The maximum atomic E-state index is 13.4. The number of hydrogen-bond acceptors (Lipinski definition) is 6. The first-order chi connectivity index (χ1) is 19.6. The molecule has 4 aromatic rings. The topological polar surface area (TPSA) is 109 Å². The van der Waals surface area contributed by atoms with Gasteiger partial charge >= 0.3 is 5.97 Å². The number of rotatable bonds is 9. The summed E-state index contributed by atoms with van der Waals surface area (Å²) in [7, 11) is 0. The number of benzene rings is 3. The number of nitro groups is 1. The SMILES string of the molecule is C.CC.O=C(COC(=O)C(Cc1ccc(F)cc1)n1ccc(-c2cc(Cl)ccc2[N+](=O)[O-])cc1=O)c1ccc(F)cc1. The Kier molecular flexibility index (Phi) is 12.2. The van der Waals surface area contributed by atoms with Crippen molar-refractivity contribution in [3.05, 3.63) is 133 Å². The molecular formula is C31H29ClF2N2O6. The fraction of sp³-hybridized carbons (Fsp3) is 0.194. The number of nitro benzene ring substituents is 1. The number of esters is 1. The molecule has 1 heterocycles. The van der Waals surface area contributed by atoms with Gasteiger partial charge in [-0.15, -0.1) is 0 Å². The van der Waals surface area contributed by atoms with Crippen molar-refractivity contribution in [3.8, 4) is 11.1 Å². The number of carbonyl (C=O) groups is 2. The van der Waals surface area contributed by atoms with Crippen LogP contribution in [0.25, 0.3) is 11.1 Å². The van der Waals surface area contributed by atoms with E-state index >= 15 is 0 Å². The van der Waals surface area contributed by atoms with E-state index in [4.69, 9.17) is 16.3 Å². The quantitative estimate of drug-likeness (QED) is 0.0870. The van der Waals surface area contributed by atoms with Crippen molar-refractivity contribution >= 4 is 29.0 Å². The zero-order chi connectivity index (χ0) is 30.1. The highest BCUT2D eigenvalue weighted by Gasteiger charge is 2.26. The molecule has 1 atom stereocenters. The second-order valence-electron chi connectivity index (χ2n) is 8.46. The summed E-state index contributed by atoms with van der Waals surface area (Å²) in [5.74, 6) is -2.53. The van der Waals surface area contributed by atoms with E-state index in [9.17, 15) is 33.3 Å². The van der Waals surface area contributed by atoms with E-state index in [0.29, 0.717) is 5.56 Å². The van der Waals surface area contributed by atoms with Gasteiger partial charge in [-0.25, -0.2) is 13.6 Å². The van der Waals surface area contributed by atoms with Gasteiger partial charge in [-0.05, 0) is 65.7 Å². The van der Waals surface area contributed by atoms with Gasteiger partial charge in [0.1, 0.15) is 17.7 Å². The van der Waals surface area contributed by atoms with Crippen LogP contribution in [0, 0.1) is 21.7 Å². The number of hydrogen-bond donors (Lipinski definition) is 0. The summed E-state index contributed by atoms with van der Waals surface area (Å²) in [6, 6.07) is 15.2. The fourth-order valence-corrected chi connectivity index (χ4v) is 4.08. The summed E-state index contributed by atoms with van der Waals surface area (Å²) < 4.78 is 32.9. The molecule has 0 aliphatic heterocycles. The summed E-state index contributed by atoms with van der Waals surface area (Å²) in [4.78, 5) is 49.6. The molecule has 1 unspecified atom stereocenters. The largest absolute Gasteiger partial charge is 0.456 e. The molecule has 0 fully saturated rings. The Morgan fingerprint density at radius 2 is 1.55 bits per heavy atom. The van der Waals surface area contributed by atoms with E-state index in [1.165, 1.54) is 66.9 Å². The average molecular weight is 599 g/mol. The Morgan fingerprint density at radius 1 is 0.952 bits per heavy atom. The van der Waals surface area contributed by atoms with Crippen molar-refractivity contribution in [1.29, 1.82) is 0 Å². The minimum atomic E-state index is -1.26. The zero-order valence-electron chi connectivity index (χ0n) is 22.1. The van der Waals surface area contributed by atoms with Crippen LogP contribution in [0.5, 0.6) is 0 Å². The van der Waals surface area contributed by atoms with E-state index < -0.39 is 46.5 Å². The monoisotopic (exact) mass is 598 g/mol. The van der Waals surface area contributed by atoms with Crippen LogP contribution in [0.3, 0.4) is 0 Å². The maximum Gasteiger partial charge on any atom is 0.330 e. The lowest BCUT2D eigenvalue weighted by Crippen LogP contribution is -2.33. The summed E-state index contributed by atoms with van der Waals surface area (Å²) >= 11 is 6.01. The molecule has 0 radical (unpaired) electrons. The van der Waals surface area contributed by atoms with Crippen LogP contribution in [-0.2, 0) is 16.0 Å². The van der Waals surface area contributed by atoms with Gasteiger partial charge in [-0.1, -0.05) is 45.0 Å². The molecule has 0 bridgehead atoms. The van der Waals surface area contributed by atoms with Crippen LogP contribution >= 0.6 is 11.6 Å². The molecule has 11 heteroatoms. The molecule has 0 saturated heterocycles. The third-order valence-corrected chi connectivity index (χ3v) is 6.11. The second kappa shape index (κ2) is 15.3. The number of carbonyl (C=O) groups excluding carboxylic acids is 2. The number of ether oxygens (including phenoxy) is 1. The third kappa shape index (κ3) is 8.40. The molecule has 0 aliphatic carbocycles. The number of ketones is 1. The summed E-state index contributed by atoms with van der Waals surface area (Å²) in [6.07, 6.45) is 1.19. The summed E-state index contributed by atoms with van der Waals surface area (Å²) in [6.45, 7) is 3.34. The van der Waals surface area contributed by atoms with E-state index in [-0.39, 0.29) is 41.2 Å². The van der Waals surface area contributed by atoms with Gasteiger partial charge in [0.05, 0.1) is 10.5 Å². The maximum absolute atomic E-state index is 13.4. The van der Waals surface area contributed by atoms with Crippen molar-refractivity contribution in [3.63, 3.8) is 0 Å². The minimum absolute atomic E-state index is 0. The number of Topliss-reactive ketones (excluding diaryl/α,β-unsaturated/α-hetero) is 1. The zero-order valence-corrected chi connectivity index (χ0v) is 22.8. The van der Waals surface area contributed by atoms with Crippen LogP contribution in [0.2, 0.25) is 5.02 Å². The highest BCUT2D eigenvalue weighted by molar-refractivity contribution is 6.31. The van der Waals surface area contributed by atoms with Crippen molar-refractivity contribution < 1.29 is 28.0 Å². The predicted octanol–water partition coefficient (Wildman–Crippen LogP) is 7.23. The van der Waals surface area contributed by atoms with Crippen molar-refractivity contribution in [2.24, 2.45) is 0 Å². The van der Waals surface area contributed by atoms with Crippen molar-refractivity contribution in [2.75, 3.05) is 6.61 Å². The molecule has 4 rings (SSSR count). The van der Waals surface area contributed by atoms with Gasteiger partial charge < -0.3 is 9.30 Å². The lowest BCUT2D eigenvalue weighted by atomic mass is 10.0. The average Bonchev–Trinajstić information content (AvgIpc) is 2.97. The molecule has 42 heavy (non-hydrogen) atoms. The molecule has 0 N–H and O–H groups in total. The predicted molar refractivity (Wildman–Crippen MR) is 157 cm³/mol. The summed E-state index contributed by atoms with van der Waals surface area (Å²) in [5.41, 5.74) is -0.00689. The van der Waals surface area contributed by atoms with Crippen LogP contribution in [0.15, 0.2) is 89.9 Å². The van der Waals surface area contributed by atoms with E-state index in [0.717, 1.165) is 22.8 Å². The first kappa shape index (κ1) is 33.5. The van der Waals surface area contributed by atoms with Crippen LogP contribution in [0.1, 0.15) is 43.2 Å². The van der Waals surface area contributed by atoms with Gasteiger partial charge in [0.15, 0.2) is 12.4 Å². The highest BCUT2D eigenvalue weighted by atomic mass is 35.5. The number of pyridine rings is 1. The lowest BCUT2D eigenvalue weighted by Gasteiger charge is -2.19. The molecule has 1 aromatic heterocycles. The first-order valence-electron chi connectivity index (χ1n) is 12.5. The number of aromatic nitrogens is 1. The molecule has 0 saturated carbocycles. The molecular weight excluding hydrogens is 570 g/mol. The number of halogens is 3. The van der Waals surface area contributed by atoms with Crippen LogP contribution in [0.4, 0.5) is 14.5 Å². The Hall–Kier alpha value is -4.70. The van der Waals surface area contributed by atoms with Crippen molar-refractivity contribution in [1.82, 2.24) is 4.57 Å². The van der Waals surface area contributed by atoms with Gasteiger partial charge in [0.25, 0.3) is 11.2 Å². The Balaban J connectivity index is 0.00000201. The molecule has 8 nitrogen and oxygen atoms in total. The minimum Gasteiger partial charge on any atom is -0.456 e. The lowest BCUT2D eigenvalue weighted by molar-refractivity contribution is -0.384.